The molecule has 1 unspecified atom stereocenters. The minimum Gasteiger partial charge on any atom is -0.385 e. The highest BCUT2D eigenvalue weighted by atomic mass is 16.3. The minimum atomic E-state index is -0.854. The van der Waals surface area contributed by atoms with Crippen LogP contribution in [0.2, 0.25) is 0 Å². The average Bonchev–Trinajstić information content (AvgIpc) is 2.31. The standard InChI is InChI=1S/C18H26O2/c1-13(2)7-6-8-14(3)9-10-15-11-16(19)17(20)12-18(15,4)5/h6-11,13,17,20H,12H2,1-5H3/b7-6+,10-9+,14-8+. The molecule has 20 heavy (non-hydrogen) atoms. The van der Waals surface area contributed by atoms with Gasteiger partial charge in [-0.3, -0.25) is 4.79 Å². The average molecular weight is 274 g/mol. The molecule has 0 aromatic rings. The van der Waals surface area contributed by atoms with Gasteiger partial charge in [0.25, 0.3) is 0 Å². The fourth-order valence-corrected chi connectivity index (χ4v) is 2.13. The Bertz CT molecular complexity index is 474. The number of ketones is 1. The smallest absolute Gasteiger partial charge is 0.184 e. The van der Waals surface area contributed by atoms with Gasteiger partial charge in [0.05, 0.1) is 0 Å². The van der Waals surface area contributed by atoms with E-state index in [1.165, 1.54) is 0 Å². The molecular formula is C18H26O2. The van der Waals surface area contributed by atoms with Crippen molar-refractivity contribution in [2.45, 2.75) is 47.1 Å². The summed E-state index contributed by atoms with van der Waals surface area (Å²) in [6.45, 7) is 10.4. The number of hydrogen-bond donors (Lipinski definition) is 1. The molecule has 1 aliphatic rings. The Labute approximate surface area is 122 Å². The first kappa shape index (κ1) is 16.6. The van der Waals surface area contributed by atoms with Crippen LogP contribution in [-0.2, 0) is 4.79 Å². The predicted molar refractivity (Wildman–Crippen MR) is 84.4 cm³/mol. The van der Waals surface area contributed by atoms with Crippen molar-refractivity contribution in [1.29, 1.82) is 0 Å². The molecule has 0 aromatic heterocycles. The van der Waals surface area contributed by atoms with Crippen LogP contribution in [0.5, 0.6) is 0 Å². The van der Waals surface area contributed by atoms with Crippen molar-refractivity contribution in [1.82, 2.24) is 0 Å². The van der Waals surface area contributed by atoms with E-state index in [1.54, 1.807) is 6.08 Å². The van der Waals surface area contributed by atoms with Gasteiger partial charge in [-0.2, -0.15) is 0 Å². The number of aliphatic hydroxyl groups is 1. The molecule has 1 aliphatic carbocycles. The Morgan fingerprint density at radius 3 is 2.70 bits per heavy atom. The summed E-state index contributed by atoms with van der Waals surface area (Å²) in [4.78, 5) is 11.6. The summed E-state index contributed by atoms with van der Waals surface area (Å²) in [5.74, 6) is 0.354. The predicted octanol–water partition coefficient (Wildman–Crippen LogP) is 3.99. The van der Waals surface area contributed by atoms with Gasteiger partial charge < -0.3 is 5.11 Å². The van der Waals surface area contributed by atoms with Gasteiger partial charge in [0.1, 0.15) is 6.10 Å². The van der Waals surface area contributed by atoms with Crippen LogP contribution >= 0.6 is 0 Å². The van der Waals surface area contributed by atoms with E-state index in [9.17, 15) is 9.90 Å². The summed E-state index contributed by atoms with van der Waals surface area (Å²) < 4.78 is 0. The zero-order valence-corrected chi connectivity index (χ0v) is 13.2. The molecule has 1 rings (SSSR count). The number of carbonyl (C=O) groups excluding carboxylic acids is 1. The normalized spacial score (nSPS) is 23.9. The Morgan fingerprint density at radius 1 is 1.45 bits per heavy atom. The summed E-state index contributed by atoms with van der Waals surface area (Å²) in [5, 5.41) is 9.64. The molecular weight excluding hydrogens is 248 g/mol. The van der Waals surface area contributed by atoms with E-state index >= 15 is 0 Å². The fourth-order valence-electron chi connectivity index (χ4n) is 2.13. The molecule has 0 saturated heterocycles. The summed E-state index contributed by atoms with van der Waals surface area (Å²) in [6.07, 6.45) is 11.5. The zero-order chi connectivity index (χ0) is 15.3. The van der Waals surface area contributed by atoms with E-state index in [0.717, 1.165) is 11.1 Å². The lowest BCUT2D eigenvalue weighted by Gasteiger charge is -2.32. The van der Waals surface area contributed by atoms with E-state index in [-0.39, 0.29) is 11.2 Å². The lowest BCUT2D eigenvalue weighted by molar-refractivity contribution is -0.124. The largest absolute Gasteiger partial charge is 0.385 e. The number of aliphatic hydroxyl groups excluding tert-OH is 1. The van der Waals surface area contributed by atoms with Gasteiger partial charge in [-0.1, -0.05) is 63.6 Å². The van der Waals surface area contributed by atoms with Gasteiger partial charge >= 0.3 is 0 Å². The topological polar surface area (TPSA) is 37.3 Å². The summed E-state index contributed by atoms with van der Waals surface area (Å²) >= 11 is 0. The molecule has 0 radical (unpaired) electrons. The molecule has 0 heterocycles. The molecule has 0 spiro atoms. The molecule has 0 aliphatic heterocycles. The summed E-state index contributed by atoms with van der Waals surface area (Å²) in [7, 11) is 0. The number of hydrogen-bond acceptors (Lipinski definition) is 2. The van der Waals surface area contributed by atoms with E-state index in [2.05, 4.69) is 45.9 Å². The molecule has 0 bridgehead atoms. The molecule has 0 fully saturated rings. The fraction of sp³-hybridized carbons (Fsp3) is 0.500. The van der Waals surface area contributed by atoms with E-state index < -0.39 is 6.10 Å². The molecule has 2 nitrogen and oxygen atoms in total. The van der Waals surface area contributed by atoms with Crippen molar-refractivity contribution in [2.75, 3.05) is 0 Å². The molecule has 0 aromatic carbocycles. The molecule has 110 valence electrons. The Balaban J connectivity index is 2.83. The van der Waals surface area contributed by atoms with Gasteiger partial charge in [-0.25, -0.2) is 0 Å². The van der Waals surface area contributed by atoms with Crippen molar-refractivity contribution in [3.05, 3.63) is 47.6 Å². The third kappa shape index (κ3) is 4.93. The van der Waals surface area contributed by atoms with Gasteiger partial charge in [0.15, 0.2) is 5.78 Å². The SMILES string of the molecule is CC(/C=C/C1=CC(=O)C(O)CC1(C)C)=C\C=C\C(C)C. The van der Waals surface area contributed by atoms with Crippen LogP contribution in [0.1, 0.15) is 41.0 Å². The van der Waals surface area contributed by atoms with Crippen molar-refractivity contribution >= 4 is 5.78 Å². The highest BCUT2D eigenvalue weighted by Crippen LogP contribution is 2.36. The first-order valence-electron chi connectivity index (χ1n) is 7.19. The maximum Gasteiger partial charge on any atom is 0.184 e. The lowest BCUT2D eigenvalue weighted by atomic mass is 9.74. The second-order valence-electron chi connectivity index (χ2n) is 6.48. The second kappa shape index (κ2) is 6.85. The van der Waals surface area contributed by atoms with E-state index in [1.807, 2.05) is 19.1 Å². The van der Waals surface area contributed by atoms with Crippen LogP contribution in [0.4, 0.5) is 0 Å². The van der Waals surface area contributed by atoms with Crippen LogP contribution in [0, 0.1) is 11.3 Å². The third-order valence-corrected chi connectivity index (χ3v) is 3.49. The second-order valence-corrected chi connectivity index (χ2v) is 6.48. The molecule has 0 amide bonds. The number of carbonyl (C=O) groups is 1. The zero-order valence-electron chi connectivity index (χ0n) is 13.2. The quantitative estimate of drug-likeness (QED) is 0.787. The van der Waals surface area contributed by atoms with Crippen LogP contribution < -0.4 is 0 Å². The Morgan fingerprint density at radius 2 is 2.10 bits per heavy atom. The Kier molecular flexibility index (Phi) is 5.70. The van der Waals surface area contributed by atoms with Crippen molar-refractivity contribution in [2.24, 2.45) is 11.3 Å². The first-order chi connectivity index (χ1) is 9.22. The monoisotopic (exact) mass is 274 g/mol. The van der Waals surface area contributed by atoms with Crippen LogP contribution in [0.3, 0.4) is 0 Å². The number of allylic oxidation sites excluding steroid dienone is 7. The first-order valence-corrected chi connectivity index (χ1v) is 7.19. The van der Waals surface area contributed by atoms with E-state index in [4.69, 9.17) is 0 Å². The van der Waals surface area contributed by atoms with Crippen LogP contribution in [0.15, 0.2) is 47.6 Å². The summed E-state index contributed by atoms with van der Waals surface area (Å²) in [5.41, 5.74) is 1.95. The van der Waals surface area contributed by atoms with Gasteiger partial charge in [0, 0.05) is 0 Å². The highest BCUT2D eigenvalue weighted by molar-refractivity contribution is 5.95. The van der Waals surface area contributed by atoms with Gasteiger partial charge in [-0.05, 0) is 36.3 Å². The third-order valence-electron chi connectivity index (χ3n) is 3.49. The molecule has 1 N–H and O–H groups in total. The van der Waals surface area contributed by atoms with Crippen LogP contribution in [-0.4, -0.2) is 17.0 Å². The number of rotatable bonds is 4. The molecule has 0 saturated carbocycles. The maximum absolute atomic E-state index is 11.6. The van der Waals surface area contributed by atoms with Gasteiger partial charge in [-0.15, -0.1) is 0 Å². The van der Waals surface area contributed by atoms with E-state index in [0.29, 0.717) is 12.3 Å². The molecule has 2 heteroatoms. The molecule has 1 atom stereocenters. The van der Waals surface area contributed by atoms with Crippen LogP contribution in [0.25, 0.3) is 0 Å². The van der Waals surface area contributed by atoms with Crippen molar-refractivity contribution in [3.8, 4) is 0 Å². The maximum atomic E-state index is 11.6. The van der Waals surface area contributed by atoms with Crippen molar-refractivity contribution in [3.63, 3.8) is 0 Å². The highest BCUT2D eigenvalue weighted by Gasteiger charge is 2.32. The lowest BCUT2D eigenvalue weighted by Crippen LogP contribution is -2.32. The van der Waals surface area contributed by atoms with Gasteiger partial charge in [0.2, 0.25) is 0 Å². The summed E-state index contributed by atoms with van der Waals surface area (Å²) in [6, 6.07) is 0. The Hall–Kier alpha value is -1.41. The minimum absolute atomic E-state index is 0.169. The van der Waals surface area contributed by atoms with Crippen molar-refractivity contribution < 1.29 is 9.90 Å².